The molecule has 0 aromatic heterocycles. The van der Waals surface area contributed by atoms with E-state index in [4.69, 9.17) is 0 Å². The number of rotatable bonds is 1. The Hall–Kier alpha value is -0.570. The Morgan fingerprint density at radius 2 is 2.15 bits per heavy atom. The highest BCUT2D eigenvalue weighted by Gasteiger charge is 2.30. The lowest BCUT2D eigenvalue weighted by atomic mass is 9.93. The zero-order chi connectivity index (χ0) is 9.26. The van der Waals surface area contributed by atoms with Crippen molar-refractivity contribution in [3.05, 3.63) is 0 Å². The molecule has 3 heteroatoms. The summed E-state index contributed by atoms with van der Waals surface area (Å²) in [6, 6.07) is 0.598. The van der Waals surface area contributed by atoms with Gasteiger partial charge in [0.1, 0.15) is 0 Å². The number of amides is 1. The predicted octanol–water partition coefficient (Wildman–Crippen LogP) is 0.607. The minimum atomic E-state index is 0.261. The third-order valence-corrected chi connectivity index (χ3v) is 3.18. The molecule has 2 heterocycles. The van der Waals surface area contributed by atoms with Gasteiger partial charge in [0, 0.05) is 25.7 Å². The molecule has 0 aromatic carbocycles. The topological polar surface area (TPSA) is 32.3 Å². The molecule has 0 aromatic rings. The molecule has 2 aliphatic heterocycles. The molecule has 13 heavy (non-hydrogen) atoms. The Morgan fingerprint density at radius 1 is 1.38 bits per heavy atom. The van der Waals surface area contributed by atoms with Crippen molar-refractivity contribution in [1.29, 1.82) is 0 Å². The monoisotopic (exact) mass is 182 g/mol. The lowest BCUT2D eigenvalue weighted by Crippen LogP contribution is -2.50. The molecule has 0 aliphatic carbocycles. The smallest absolute Gasteiger partial charge is 0.226 e. The maximum absolute atomic E-state index is 11.8. The first kappa shape index (κ1) is 9.00. The van der Waals surface area contributed by atoms with E-state index < -0.39 is 0 Å². The van der Waals surface area contributed by atoms with Gasteiger partial charge in [0.2, 0.25) is 5.91 Å². The van der Waals surface area contributed by atoms with E-state index in [0.29, 0.717) is 11.9 Å². The van der Waals surface area contributed by atoms with Crippen LogP contribution in [0, 0.1) is 5.92 Å². The van der Waals surface area contributed by atoms with E-state index in [1.807, 2.05) is 4.90 Å². The number of carbonyl (C=O) groups excluding carboxylic acids is 1. The van der Waals surface area contributed by atoms with Crippen molar-refractivity contribution in [2.24, 2.45) is 5.92 Å². The fraction of sp³-hybridized carbons (Fsp3) is 0.900. The second kappa shape index (κ2) is 3.66. The van der Waals surface area contributed by atoms with Crippen LogP contribution in [0.2, 0.25) is 0 Å². The van der Waals surface area contributed by atoms with Gasteiger partial charge in [-0.3, -0.25) is 4.79 Å². The summed E-state index contributed by atoms with van der Waals surface area (Å²) in [6.07, 6.45) is 3.41. The number of nitrogens with one attached hydrogen (secondary N) is 1. The molecule has 0 bridgehead atoms. The highest BCUT2D eigenvalue weighted by Crippen LogP contribution is 2.19. The molecule has 1 N–H and O–H groups in total. The summed E-state index contributed by atoms with van der Waals surface area (Å²) in [5.74, 6) is 0.641. The van der Waals surface area contributed by atoms with Gasteiger partial charge in [-0.25, -0.2) is 0 Å². The van der Waals surface area contributed by atoms with Crippen molar-refractivity contribution in [2.75, 3.05) is 19.6 Å². The van der Waals surface area contributed by atoms with Crippen molar-refractivity contribution in [3.63, 3.8) is 0 Å². The van der Waals surface area contributed by atoms with Crippen LogP contribution in [0.5, 0.6) is 0 Å². The summed E-state index contributed by atoms with van der Waals surface area (Å²) < 4.78 is 0. The Balaban J connectivity index is 1.83. The molecule has 0 saturated carbocycles. The van der Waals surface area contributed by atoms with Crippen LogP contribution >= 0.6 is 0 Å². The number of likely N-dealkylation sites (tertiary alicyclic amines) is 1. The lowest BCUT2D eigenvalue weighted by molar-refractivity contribution is -0.139. The Bertz CT molecular complexity index is 193. The zero-order valence-electron chi connectivity index (χ0n) is 8.25. The highest BCUT2D eigenvalue weighted by atomic mass is 16.2. The van der Waals surface area contributed by atoms with Gasteiger partial charge >= 0.3 is 0 Å². The third kappa shape index (κ3) is 1.85. The molecule has 2 aliphatic rings. The minimum Gasteiger partial charge on any atom is -0.342 e. The van der Waals surface area contributed by atoms with Crippen molar-refractivity contribution in [2.45, 2.75) is 32.2 Å². The molecular formula is C10H18N2O. The average molecular weight is 182 g/mol. The van der Waals surface area contributed by atoms with Crippen LogP contribution < -0.4 is 5.32 Å². The van der Waals surface area contributed by atoms with E-state index in [2.05, 4.69) is 12.2 Å². The van der Waals surface area contributed by atoms with E-state index in [1.165, 1.54) is 6.42 Å². The predicted molar refractivity (Wildman–Crippen MR) is 51.4 cm³/mol. The standard InChI is InChI=1S/C10H18N2O/c1-8-3-4-9(7-11-8)10(13)12-5-2-6-12/h8-9,11H,2-7H2,1H3. The van der Waals surface area contributed by atoms with Crippen LogP contribution in [0.15, 0.2) is 0 Å². The number of hydrogen-bond donors (Lipinski definition) is 1. The van der Waals surface area contributed by atoms with E-state index in [0.717, 1.165) is 32.5 Å². The molecule has 2 fully saturated rings. The molecular weight excluding hydrogens is 164 g/mol. The van der Waals surface area contributed by atoms with Gasteiger partial charge in [-0.05, 0) is 26.2 Å². The second-order valence-electron chi connectivity index (χ2n) is 4.26. The quantitative estimate of drug-likeness (QED) is 0.644. The third-order valence-electron chi connectivity index (χ3n) is 3.18. The summed E-state index contributed by atoms with van der Waals surface area (Å²) in [6.45, 7) is 5.05. The van der Waals surface area contributed by atoms with E-state index >= 15 is 0 Å². The Kier molecular flexibility index (Phi) is 2.54. The SMILES string of the molecule is CC1CCC(C(=O)N2CCC2)CN1. The molecule has 2 unspecified atom stereocenters. The molecule has 1 amide bonds. The van der Waals surface area contributed by atoms with Gasteiger partial charge < -0.3 is 10.2 Å². The molecule has 2 rings (SSSR count). The van der Waals surface area contributed by atoms with Crippen molar-refractivity contribution >= 4 is 5.91 Å². The van der Waals surface area contributed by atoms with Crippen molar-refractivity contribution in [3.8, 4) is 0 Å². The van der Waals surface area contributed by atoms with Gasteiger partial charge in [0.25, 0.3) is 0 Å². The first-order chi connectivity index (χ1) is 6.27. The van der Waals surface area contributed by atoms with Crippen molar-refractivity contribution < 1.29 is 4.79 Å². The molecule has 0 radical (unpaired) electrons. The molecule has 0 spiro atoms. The van der Waals surface area contributed by atoms with Gasteiger partial charge in [-0.1, -0.05) is 0 Å². The maximum atomic E-state index is 11.8. The number of hydrogen-bond acceptors (Lipinski definition) is 2. The van der Waals surface area contributed by atoms with E-state index in [1.54, 1.807) is 0 Å². The first-order valence-electron chi connectivity index (χ1n) is 5.29. The summed E-state index contributed by atoms with van der Waals surface area (Å²) in [7, 11) is 0. The van der Waals surface area contributed by atoms with Gasteiger partial charge in [0.05, 0.1) is 5.92 Å². The summed E-state index contributed by atoms with van der Waals surface area (Å²) in [4.78, 5) is 13.8. The minimum absolute atomic E-state index is 0.261. The fourth-order valence-electron chi connectivity index (χ4n) is 2.00. The summed E-state index contributed by atoms with van der Waals surface area (Å²) >= 11 is 0. The summed E-state index contributed by atoms with van der Waals surface area (Å²) in [5, 5.41) is 3.37. The first-order valence-corrected chi connectivity index (χ1v) is 5.29. The van der Waals surface area contributed by atoms with Crippen LogP contribution in [-0.2, 0) is 4.79 Å². The molecule has 2 saturated heterocycles. The maximum Gasteiger partial charge on any atom is 0.226 e. The van der Waals surface area contributed by atoms with Gasteiger partial charge in [0.15, 0.2) is 0 Å². The second-order valence-corrected chi connectivity index (χ2v) is 4.26. The van der Waals surface area contributed by atoms with Gasteiger partial charge in [-0.15, -0.1) is 0 Å². The highest BCUT2D eigenvalue weighted by molar-refractivity contribution is 5.79. The Morgan fingerprint density at radius 3 is 2.62 bits per heavy atom. The van der Waals surface area contributed by atoms with Crippen LogP contribution in [0.3, 0.4) is 0 Å². The summed E-state index contributed by atoms with van der Waals surface area (Å²) in [5.41, 5.74) is 0. The molecule has 3 nitrogen and oxygen atoms in total. The molecule has 2 atom stereocenters. The number of nitrogens with zero attached hydrogens (tertiary/aromatic N) is 1. The fourth-order valence-corrected chi connectivity index (χ4v) is 2.00. The van der Waals surface area contributed by atoms with Crippen LogP contribution in [0.25, 0.3) is 0 Å². The largest absolute Gasteiger partial charge is 0.342 e. The zero-order valence-corrected chi connectivity index (χ0v) is 8.25. The van der Waals surface area contributed by atoms with Crippen molar-refractivity contribution in [1.82, 2.24) is 10.2 Å². The van der Waals surface area contributed by atoms with E-state index in [-0.39, 0.29) is 5.92 Å². The average Bonchev–Trinajstić information content (AvgIpc) is 2.02. The van der Waals surface area contributed by atoms with Gasteiger partial charge in [-0.2, -0.15) is 0 Å². The Labute approximate surface area is 79.5 Å². The van der Waals surface area contributed by atoms with E-state index in [9.17, 15) is 4.79 Å². The normalized spacial score (nSPS) is 34.1. The van der Waals surface area contributed by atoms with Crippen LogP contribution in [-0.4, -0.2) is 36.5 Å². The van der Waals surface area contributed by atoms with Crippen LogP contribution in [0.1, 0.15) is 26.2 Å². The molecule has 74 valence electrons. The van der Waals surface area contributed by atoms with Crippen LogP contribution in [0.4, 0.5) is 0 Å². The number of carbonyl (C=O) groups is 1. The number of piperidine rings is 1. The lowest BCUT2D eigenvalue weighted by Gasteiger charge is -2.36.